The first-order valence-corrected chi connectivity index (χ1v) is 9.58. The molecule has 4 nitrogen and oxygen atoms in total. The van der Waals surface area contributed by atoms with Crippen LogP contribution in [0.25, 0.3) is 0 Å². The molecule has 1 unspecified atom stereocenters. The predicted molar refractivity (Wildman–Crippen MR) is 85.5 cm³/mol. The number of anilines is 1. The second-order valence-electron chi connectivity index (χ2n) is 4.58. The lowest BCUT2D eigenvalue weighted by Crippen LogP contribution is -2.02. The number of rotatable bonds is 4. The predicted octanol–water partition coefficient (Wildman–Crippen LogP) is 2.63. The molecule has 2 N–H and O–H groups in total. The third-order valence-corrected chi connectivity index (χ3v) is 5.64. The Bertz CT molecular complexity index is 786. The summed E-state index contributed by atoms with van der Waals surface area (Å²) in [6.07, 6.45) is 1.13. The minimum atomic E-state index is -3.25. The van der Waals surface area contributed by atoms with E-state index in [-0.39, 0.29) is 10.6 Å². The van der Waals surface area contributed by atoms with Gasteiger partial charge in [0.25, 0.3) is 0 Å². The second kappa shape index (κ2) is 6.17. The normalized spacial score (nSPS) is 13.0. The summed E-state index contributed by atoms with van der Waals surface area (Å²) in [6, 6.07) is 11.1. The molecule has 1 atom stereocenters. The number of benzene rings is 2. The number of hydrogen-bond donors (Lipinski definition) is 1. The summed E-state index contributed by atoms with van der Waals surface area (Å²) in [6.45, 7) is 0. The molecule has 2 aromatic rings. The quantitative estimate of drug-likeness (QED) is 0.866. The number of nitrogens with two attached hydrogens (primary N) is 1. The standard InChI is InChI=1S/C14H14ClNO3S2/c1-21(18,19)13-6-4-12(5-7-13)20(17)9-10-2-3-11(15)8-14(10)16/h2-8H,9,16H2,1H3. The zero-order valence-electron chi connectivity index (χ0n) is 11.2. The molecule has 0 radical (unpaired) electrons. The van der Waals surface area contributed by atoms with E-state index in [1.165, 1.54) is 12.1 Å². The number of sulfone groups is 1. The van der Waals surface area contributed by atoms with Crippen LogP contribution in [0.3, 0.4) is 0 Å². The second-order valence-corrected chi connectivity index (χ2v) is 8.48. The van der Waals surface area contributed by atoms with Crippen LogP contribution in [-0.2, 0) is 26.4 Å². The van der Waals surface area contributed by atoms with Gasteiger partial charge in [0.2, 0.25) is 0 Å². The van der Waals surface area contributed by atoms with Crippen LogP contribution in [0.15, 0.2) is 52.3 Å². The zero-order valence-corrected chi connectivity index (χ0v) is 13.6. The Balaban J connectivity index is 2.21. The van der Waals surface area contributed by atoms with Gasteiger partial charge in [-0.05, 0) is 42.0 Å². The summed E-state index contributed by atoms with van der Waals surface area (Å²) in [5.74, 6) is 0.251. The first-order chi connectivity index (χ1) is 9.77. The molecule has 0 spiro atoms. The van der Waals surface area contributed by atoms with Gasteiger partial charge in [-0.2, -0.15) is 0 Å². The van der Waals surface area contributed by atoms with Crippen LogP contribution in [0.2, 0.25) is 5.02 Å². The molecule has 0 aliphatic heterocycles. The Kier molecular flexibility index (Phi) is 4.70. The van der Waals surface area contributed by atoms with Gasteiger partial charge in [0, 0.05) is 21.9 Å². The topological polar surface area (TPSA) is 77.2 Å². The smallest absolute Gasteiger partial charge is 0.175 e. The van der Waals surface area contributed by atoms with Gasteiger partial charge < -0.3 is 5.73 Å². The maximum Gasteiger partial charge on any atom is 0.175 e. The maximum atomic E-state index is 12.3. The van der Waals surface area contributed by atoms with Crippen LogP contribution in [0.5, 0.6) is 0 Å². The molecule has 0 aliphatic rings. The van der Waals surface area contributed by atoms with E-state index < -0.39 is 20.6 Å². The van der Waals surface area contributed by atoms with E-state index >= 15 is 0 Å². The van der Waals surface area contributed by atoms with Crippen molar-refractivity contribution in [1.29, 1.82) is 0 Å². The first kappa shape index (κ1) is 16.0. The molecule has 0 amide bonds. The molecule has 0 saturated carbocycles. The number of nitrogen functional groups attached to an aromatic ring is 1. The molecule has 2 rings (SSSR count). The van der Waals surface area contributed by atoms with E-state index in [2.05, 4.69) is 0 Å². The molecule has 112 valence electrons. The molecule has 0 heterocycles. The molecular weight excluding hydrogens is 330 g/mol. The van der Waals surface area contributed by atoms with Crippen LogP contribution in [0.4, 0.5) is 5.69 Å². The lowest BCUT2D eigenvalue weighted by atomic mass is 10.2. The van der Waals surface area contributed by atoms with Crippen molar-refractivity contribution in [2.75, 3.05) is 12.0 Å². The van der Waals surface area contributed by atoms with Crippen LogP contribution in [0.1, 0.15) is 5.56 Å². The summed E-state index contributed by atoms with van der Waals surface area (Å²) >= 11 is 5.82. The SMILES string of the molecule is CS(=O)(=O)c1ccc(S(=O)Cc2ccc(Cl)cc2N)cc1. The highest BCUT2D eigenvalue weighted by Gasteiger charge is 2.11. The van der Waals surface area contributed by atoms with Crippen molar-refractivity contribution in [3.05, 3.63) is 53.1 Å². The van der Waals surface area contributed by atoms with Crippen molar-refractivity contribution in [2.24, 2.45) is 0 Å². The molecule has 0 aromatic heterocycles. The van der Waals surface area contributed by atoms with Crippen molar-refractivity contribution < 1.29 is 12.6 Å². The summed E-state index contributed by atoms with van der Waals surface area (Å²) in [5.41, 5.74) is 7.06. The monoisotopic (exact) mass is 343 g/mol. The minimum Gasteiger partial charge on any atom is -0.398 e. The summed E-state index contributed by atoms with van der Waals surface area (Å²) in [5, 5.41) is 0.527. The molecule has 2 aromatic carbocycles. The fourth-order valence-electron chi connectivity index (χ4n) is 1.76. The van der Waals surface area contributed by atoms with Crippen molar-refractivity contribution in [3.8, 4) is 0 Å². The van der Waals surface area contributed by atoms with Crippen LogP contribution in [-0.4, -0.2) is 18.9 Å². The van der Waals surface area contributed by atoms with Crippen molar-refractivity contribution in [3.63, 3.8) is 0 Å². The molecule has 0 fully saturated rings. The summed E-state index contributed by atoms with van der Waals surface area (Å²) in [4.78, 5) is 0.756. The molecule has 0 aliphatic carbocycles. The summed E-state index contributed by atoms with van der Waals surface area (Å²) in [7, 11) is -4.55. The Hall–Kier alpha value is -1.37. The van der Waals surface area contributed by atoms with Gasteiger partial charge in [-0.25, -0.2) is 8.42 Å². The van der Waals surface area contributed by atoms with Crippen LogP contribution in [0, 0.1) is 0 Å². The first-order valence-electron chi connectivity index (χ1n) is 6.00. The van der Waals surface area contributed by atoms with Gasteiger partial charge >= 0.3 is 0 Å². The van der Waals surface area contributed by atoms with Gasteiger partial charge in [0.1, 0.15) is 0 Å². The van der Waals surface area contributed by atoms with Gasteiger partial charge in [0.15, 0.2) is 9.84 Å². The van der Waals surface area contributed by atoms with Crippen LogP contribution < -0.4 is 5.73 Å². The molecule has 0 saturated heterocycles. The Morgan fingerprint density at radius 2 is 1.76 bits per heavy atom. The van der Waals surface area contributed by atoms with Gasteiger partial charge in [0.05, 0.1) is 21.4 Å². The third-order valence-electron chi connectivity index (χ3n) is 2.91. The van der Waals surface area contributed by atoms with E-state index in [4.69, 9.17) is 17.3 Å². The molecule has 21 heavy (non-hydrogen) atoms. The summed E-state index contributed by atoms with van der Waals surface area (Å²) < 4.78 is 35.0. The minimum absolute atomic E-state index is 0.203. The Labute approximate surface area is 131 Å². The van der Waals surface area contributed by atoms with Crippen LogP contribution >= 0.6 is 11.6 Å². The molecule has 7 heteroatoms. The third kappa shape index (κ3) is 4.06. The largest absolute Gasteiger partial charge is 0.398 e. The van der Waals surface area contributed by atoms with Crippen molar-refractivity contribution in [1.82, 2.24) is 0 Å². The lowest BCUT2D eigenvalue weighted by molar-refractivity contribution is 0.601. The van der Waals surface area contributed by atoms with Gasteiger partial charge in [-0.15, -0.1) is 0 Å². The maximum absolute atomic E-state index is 12.3. The Morgan fingerprint density at radius 3 is 2.29 bits per heavy atom. The Morgan fingerprint density at radius 1 is 1.14 bits per heavy atom. The average molecular weight is 344 g/mol. The highest BCUT2D eigenvalue weighted by Crippen LogP contribution is 2.22. The highest BCUT2D eigenvalue weighted by molar-refractivity contribution is 7.90. The zero-order chi connectivity index (χ0) is 15.6. The fourth-order valence-corrected chi connectivity index (χ4v) is 3.72. The van der Waals surface area contributed by atoms with Gasteiger partial charge in [-0.1, -0.05) is 17.7 Å². The van der Waals surface area contributed by atoms with E-state index in [9.17, 15) is 12.6 Å². The van der Waals surface area contributed by atoms with E-state index in [0.717, 1.165) is 11.8 Å². The van der Waals surface area contributed by atoms with Crippen molar-refractivity contribution >= 4 is 37.9 Å². The number of hydrogen-bond acceptors (Lipinski definition) is 4. The molecular formula is C14H14ClNO3S2. The highest BCUT2D eigenvalue weighted by atomic mass is 35.5. The average Bonchev–Trinajstić information content (AvgIpc) is 2.41. The van der Waals surface area contributed by atoms with Gasteiger partial charge in [-0.3, -0.25) is 4.21 Å². The fraction of sp³-hybridized carbons (Fsp3) is 0.143. The lowest BCUT2D eigenvalue weighted by Gasteiger charge is -2.07. The van der Waals surface area contributed by atoms with E-state index in [1.807, 2.05) is 0 Å². The molecule has 0 bridgehead atoms. The van der Waals surface area contributed by atoms with Crippen molar-refractivity contribution in [2.45, 2.75) is 15.5 Å². The van der Waals surface area contributed by atoms with E-state index in [1.54, 1.807) is 30.3 Å². The number of halogens is 1. The van der Waals surface area contributed by atoms with E-state index in [0.29, 0.717) is 15.6 Å².